The Bertz CT molecular complexity index is 1340. The van der Waals surface area contributed by atoms with Gasteiger partial charge in [-0.3, -0.25) is 4.68 Å². The molecule has 0 unspecified atom stereocenters. The molecule has 4 rings (SSSR count). The lowest BCUT2D eigenvalue weighted by molar-refractivity contribution is 0.584. The number of hydrazone groups is 1. The third kappa shape index (κ3) is 4.87. The van der Waals surface area contributed by atoms with Crippen molar-refractivity contribution in [2.75, 3.05) is 0 Å². The van der Waals surface area contributed by atoms with Gasteiger partial charge in [0.25, 0.3) is 10.0 Å². The molecule has 0 fully saturated rings. The van der Waals surface area contributed by atoms with Crippen molar-refractivity contribution in [1.82, 2.24) is 14.6 Å². The van der Waals surface area contributed by atoms with E-state index in [1.165, 1.54) is 30.5 Å². The highest BCUT2D eigenvalue weighted by atomic mass is 35.5. The minimum Gasteiger partial charge on any atom is -0.267 e. The maximum absolute atomic E-state index is 14.2. The number of nitrogens with one attached hydrogen (secondary N) is 1. The van der Waals surface area contributed by atoms with E-state index in [4.69, 9.17) is 11.6 Å². The van der Waals surface area contributed by atoms with E-state index in [1.54, 1.807) is 35.1 Å². The lowest BCUT2D eigenvalue weighted by Gasteiger charge is -2.05. The maximum atomic E-state index is 14.2. The van der Waals surface area contributed by atoms with Crippen LogP contribution in [0.4, 0.5) is 4.39 Å². The molecule has 1 heterocycles. The molecule has 0 saturated heterocycles. The van der Waals surface area contributed by atoms with Crippen LogP contribution >= 0.6 is 11.6 Å². The first-order valence-electron chi connectivity index (χ1n) is 9.60. The molecule has 32 heavy (non-hydrogen) atoms. The van der Waals surface area contributed by atoms with Crippen LogP contribution in [0.1, 0.15) is 11.1 Å². The molecular weight excluding hydrogens is 451 g/mol. The third-order valence-corrected chi connectivity index (χ3v) is 6.24. The van der Waals surface area contributed by atoms with Gasteiger partial charge in [-0.25, -0.2) is 9.22 Å². The predicted molar refractivity (Wildman–Crippen MR) is 123 cm³/mol. The summed E-state index contributed by atoms with van der Waals surface area (Å²) in [6.07, 6.45) is 3.03. The van der Waals surface area contributed by atoms with Crippen LogP contribution in [-0.2, 0) is 16.6 Å². The number of halogens is 2. The second-order valence-corrected chi connectivity index (χ2v) is 8.93. The van der Waals surface area contributed by atoms with E-state index >= 15 is 0 Å². The smallest absolute Gasteiger partial charge is 0.267 e. The molecule has 0 atom stereocenters. The molecule has 1 N–H and O–H groups in total. The molecular formula is C23H18ClFN4O2S. The number of rotatable bonds is 7. The number of aromatic nitrogens is 2. The van der Waals surface area contributed by atoms with Crippen LogP contribution in [0, 0.1) is 5.82 Å². The Balaban J connectivity index is 1.65. The number of hydrogen-bond acceptors (Lipinski definition) is 4. The summed E-state index contributed by atoms with van der Waals surface area (Å²) in [6, 6.07) is 21.8. The van der Waals surface area contributed by atoms with Gasteiger partial charge in [0.05, 0.1) is 17.7 Å². The van der Waals surface area contributed by atoms with Gasteiger partial charge in [-0.1, -0.05) is 66.2 Å². The second kappa shape index (κ2) is 9.33. The average Bonchev–Trinajstić information content (AvgIpc) is 3.20. The quantitative estimate of drug-likeness (QED) is 0.315. The van der Waals surface area contributed by atoms with E-state index < -0.39 is 15.8 Å². The van der Waals surface area contributed by atoms with Crippen LogP contribution in [0.2, 0.25) is 5.02 Å². The first-order chi connectivity index (χ1) is 15.4. The summed E-state index contributed by atoms with van der Waals surface area (Å²) in [5.74, 6) is -0.430. The Morgan fingerprint density at radius 2 is 1.69 bits per heavy atom. The number of benzene rings is 3. The molecule has 0 spiro atoms. The standard InChI is InChI=1S/C23H18ClFN4O2S/c24-21-12-7-13-22(25)20(21)16-29-15-18(23(27-29)17-8-3-1-4-9-17)14-26-28-32(30,31)19-10-5-2-6-11-19/h1-15,28H,16H2. The summed E-state index contributed by atoms with van der Waals surface area (Å²) in [5.41, 5.74) is 2.24. The fourth-order valence-corrected chi connectivity index (χ4v) is 4.13. The van der Waals surface area contributed by atoms with Crippen molar-refractivity contribution in [3.05, 3.63) is 107 Å². The van der Waals surface area contributed by atoms with Crippen LogP contribution in [-0.4, -0.2) is 24.4 Å². The fraction of sp³-hybridized carbons (Fsp3) is 0.0435. The van der Waals surface area contributed by atoms with E-state index in [2.05, 4.69) is 15.0 Å². The van der Waals surface area contributed by atoms with Crippen molar-refractivity contribution in [2.24, 2.45) is 5.10 Å². The Morgan fingerprint density at radius 3 is 2.38 bits per heavy atom. The van der Waals surface area contributed by atoms with Gasteiger partial charge < -0.3 is 0 Å². The fourth-order valence-electron chi connectivity index (χ4n) is 3.10. The molecule has 0 amide bonds. The van der Waals surface area contributed by atoms with Crippen LogP contribution in [0.15, 0.2) is 95.1 Å². The van der Waals surface area contributed by atoms with Crippen LogP contribution in [0.25, 0.3) is 11.3 Å². The minimum absolute atomic E-state index is 0.102. The maximum Gasteiger partial charge on any atom is 0.276 e. The second-order valence-electron chi connectivity index (χ2n) is 6.86. The Labute approximate surface area is 190 Å². The molecule has 1 aromatic heterocycles. The van der Waals surface area contributed by atoms with Crippen molar-refractivity contribution >= 4 is 27.8 Å². The zero-order valence-electron chi connectivity index (χ0n) is 16.7. The van der Waals surface area contributed by atoms with E-state index in [9.17, 15) is 12.8 Å². The summed E-state index contributed by atoms with van der Waals surface area (Å²) in [4.78, 5) is 2.31. The molecule has 0 aliphatic rings. The van der Waals surface area contributed by atoms with Crippen molar-refractivity contribution < 1.29 is 12.8 Å². The first kappa shape index (κ1) is 21.7. The van der Waals surface area contributed by atoms with E-state index in [-0.39, 0.29) is 11.4 Å². The molecule has 162 valence electrons. The van der Waals surface area contributed by atoms with Gasteiger partial charge in [0, 0.05) is 27.9 Å². The topological polar surface area (TPSA) is 76.3 Å². The van der Waals surface area contributed by atoms with Gasteiger partial charge in [0.15, 0.2) is 0 Å². The van der Waals surface area contributed by atoms with Crippen molar-refractivity contribution in [1.29, 1.82) is 0 Å². The minimum atomic E-state index is -3.80. The van der Waals surface area contributed by atoms with Crippen molar-refractivity contribution in [3.63, 3.8) is 0 Å². The molecule has 0 radical (unpaired) electrons. The normalized spacial score (nSPS) is 11.7. The van der Waals surface area contributed by atoms with Crippen LogP contribution in [0.3, 0.4) is 0 Å². The zero-order valence-corrected chi connectivity index (χ0v) is 18.3. The molecule has 0 bridgehead atoms. The van der Waals surface area contributed by atoms with Gasteiger partial charge in [-0.05, 0) is 24.3 Å². The largest absolute Gasteiger partial charge is 0.276 e. The zero-order chi connectivity index (χ0) is 22.6. The number of hydrogen-bond donors (Lipinski definition) is 1. The number of nitrogens with zero attached hydrogens (tertiary/aromatic N) is 3. The Kier molecular flexibility index (Phi) is 6.34. The average molecular weight is 469 g/mol. The van der Waals surface area contributed by atoms with E-state index in [0.29, 0.717) is 21.8 Å². The van der Waals surface area contributed by atoms with Crippen molar-refractivity contribution in [2.45, 2.75) is 11.4 Å². The highest BCUT2D eigenvalue weighted by molar-refractivity contribution is 7.89. The first-order valence-corrected chi connectivity index (χ1v) is 11.5. The van der Waals surface area contributed by atoms with Gasteiger partial charge in [-0.2, -0.15) is 18.6 Å². The van der Waals surface area contributed by atoms with Crippen LogP contribution in [0.5, 0.6) is 0 Å². The van der Waals surface area contributed by atoms with Gasteiger partial charge in [0.1, 0.15) is 11.5 Å². The summed E-state index contributed by atoms with van der Waals surface area (Å²) in [5, 5.41) is 8.77. The number of sulfonamides is 1. The summed E-state index contributed by atoms with van der Waals surface area (Å²) >= 11 is 6.15. The highest BCUT2D eigenvalue weighted by Crippen LogP contribution is 2.24. The van der Waals surface area contributed by atoms with E-state index in [1.807, 2.05) is 30.3 Å². The Morgan fingerprint density at radius 1 is 1.00 bits per heavy atom. The monoisotopic (exact) mass is 468 g/mol. The Hall–Kier alpha value is -3.49. The summed E-state index contributed by atoms with van der Waals surface area (Å²) < 4.78 is 40.6. The molecule has 0 aliphatic heterocycles. The molecule has 4 aromatic rings. The summed E-state index contributed by atoms with van der Waals surface area (Å²) in [7, 11) is -3.80. The molecule has 6 nitrogen and oxygen atoms in total. The molecule has 9 heteroatoms. The highest BCUT2D eigenvalue weighted by Gasteiger charge is 2.15. The summed E-state index contributed by atoms with van der Waals surface area (Å²) in [6.45, 7) is 0.106. The van der Waals surface area contributed by atoms with Crippen molar-refractivity contribution in [3.8, 4) is 11.3 Å². The SMILES string of the molecule is O=S(=O)(NN=Cc1cn(Cc2c(F)cccc2Cl)nc1-c1ccccc1)c1ccccc1. The predicted octanol–water partition coefficient (Wildman–Crippen LogP) is 4.70. The molecule has 0 aliphatic carbocycles. The molecule has 0 saturated carbocycles. The third-order valence-electron chi connectivity index (χ3n) is 4.65. The van der Waals surface area contributed by atoms with Gasteiger partial charge >= 0.3 is 0 Å². The lowest BCUT2D eigenvalue weighted by Crippen LogP contribution is -2.18. The van der Waals surface area contributed by atoms with Crippen LogP contribution < -0.4 is 4.83 Å². The molecule has 3 aromatic carbocycles. The van der Waals surface area contributed by atoms with Gasteiger partial charge in [-0.15, -0.1) is 0 Å². The lowest BCUT2D eigenvalue weighted by atomic mass is 10.1. The van der Waals surface area contributed by atoms with E-state index in [0.717, 1.165) is 5.56 Å². The van der Waals surface area contributed by atoms with Gasteiger partial charge in [0.2, 0.25) is 0 Å².